The molecular weight excluding hydrogens is 414 g/mol. The van der Waals surface area contributed by atoms with Crippen molar-refractivity contribution in [1.29, 1.82) is 0 Å². The molecule has 0 aliphatic carbocycles. The average molecular weight is 452 g/mol. The van der Waals surface area contributed by atoms with Crippen LogP contribution in [0.15, 0.2) is 30.3 Å². The van der Waals surface area contributed by atoms with Gasteiger partial charge in [-0.05, 0) is 37.5 Å². The molecule has 1 heterocycles. The number of carbonyl (C=O) groups is 2. The quantitative estimate of drug-likeness (QED) is 0.184. The molecule has 31 heavy (non-hydrogen) atoms. The molecule has 0 spiro atoms. The summed E-state index contributed by atoms with van der Waals surface area (Å²) in [6.45, 7) is 11.5. The zero-order valence-electron chi connectivity index (χ0n) is 19.5. The Bertz CT molecular complexity index is 688. The Balaban J connectivity index is 2.21. The lowest BCUT2D eigenvalue weighted by Gasteiger charge is -2.48. The van der Waals surface area contributed by atoms with E-state index in [1.807, 2.05) is 44.2 Å². The lowest BCUT2D eigenvalue weighted by molar-refractivity contribution is -0.168. The van der Waals surface area contributed by atoms with E-state index in [1.54, 1.807) is 0 Å². The predicted molar refractivity (Wildman–Crippen MR) is 121 cm³/mol. The Morgan fingerprint density at radius 3 is 2.23 bits per heavy atom. The molecule has 174 valence electrons. The molecule has 1 saturated heterocycles. The first-order valence-electron chi connectivity index (χ1n) is 11.4. The van der Waals surface area contributed by atoms with Gasteiger partial charge in [0.05, 0.1) is 6.61 Å². The summed E-state index contributed by atoms with van der Waals surface area (Å²) in [6, 6.07) is 11.8. The van der Waals surface area contributed by atoms with Gasteiger partial charge < -0.3 is 18.6 Å². The lowest BCUT2D eigenvalue weighted by Crippen LogP contribution is -2.65. The van der Waals surface area contributed by atoms with E-state index in [0.29, 0.717) is 26.2 Å². The molecule has 0 aromatic heterocycles. The van der Waals surface area contributed by atoms with Crippen LogP contribution in [0.25, 0.3) is 0 Å². The fourth-order valence-electron chi connectivity index (χ4n) is 3.88. The van der Waals surface area contributed by atoms with Crippen molar-refractivity contribution in [2.24, 2.45) is 0 Å². The Hall–Kier alpha value is -1.74. The van der Waals surface area contributed by atoms with Crippen LogP contribution in [-0.4, -0.2) is 57.4 Å². The second-order valence-electron chi connectivity index (χ2n) is 7.60. The molecule has 0 bridgehead atoms. The fraction of sp³-hybridized carbons (Fsp3) is 0.652. The smallest absolute Gasteiger partial charge is 0.419 e. The summed E-state index contributed by atoms with van der Waals surface area (Å²) in [6.07, 6.45) is -1.72. The normalized spacial score (nSPS) is 19.8. The molecule has 8 heteroatoms. The van der Waals surface area contributed by atoms with E-state index in [0.717, 1.165) is 23.7 Å². The topological polar surface area (TPSA) is 74.3 Å². The van der Waals surface area contributed by atoms with Gasteiger partial charge in [-0.15, -0.1) is 0 Å². The maximum atomic E-state index is 13.1. The number of nitrogens with zero attached hydrogens (tertiary/aromatic N) is 1. The minimum Gasteiger partial charge on any atom is -0.419 e. The van der Waals surface area contributed by atoms with Crippen molar-refractivity contribution in [3.63, 3.8) is 0 Å². The average Bonchev–Trinajstić information content (AvgIpc) is 2.79. The summed E-state index contributed by atoms with van der Waals surface area (Å²) < 4.78 is 22.9. The summed E-state index contributed by atoms with van der Waals surface area (Å²) in [4.78, 5) is 27.2. The second kappa shape index (κ2) is 12.3. The summed E-state index contributed by atoms with van der Waals surface area (Å²) in [7, 11) is -2.04. The molecule has 1 aliphatic heterocycles. The van der Waals surface area contributed by atoms with Crippen molar-refractivity contribution >= 4 is 20.3 Å². The molecule has 7 nitrogen and oxygen atoms in total. The first-order valence-corrected chi connectivity index (χ1v) is 14.0. The van der Waals surface area contributed by atoms with Crippen LogP contribution < -0.4 is 0 Å². The van der Waals surface area contributed by atoms with Crippen LogP contribution in [0.3, 0.4) is 0 Å². The first-order chi connectivity index (χ1) is 15.0. The van der Waals surface area contributed by atoms with Gasteiger partial charge in [0, 0.05) is 19.6 Å². The first kappa shape index (κ1) is 25.5. The van der Waals surface area contributed by atoms with Gasteiger partial charge in [-0.25, -0.2) is 9.69 Å². The van der Waals surface area contributed by atoms with Crippen molar-refractivity contribution in [1.82, 2.24) is 4.90 Å². The number of hydrogen-bond donors (Lipinski definition) is 0. The molecule has 1 aliphatic rings. The number of rotatable bonds is 13. The monoisotopic (exact) mass is 451 g/mol. The maximum Gasteiger partial charge on any atom is 0.419 e. The molecular formula is C23H37NO6Si. The molecule has 2 rings (SSSR count). The Morgan fingerprint density at radius 1 is 1.03 bits per heavy atom. The fourth-order valence-corrected chi connectivity index (χ4v) is 6.65. The second-order valence-corrected chi connectivity index (χ2v) is 12.3. The third-order valence-corrected chi connectivity index (χ3v) is 10.6. The number of benzene rings is 1. The van der Waals surface area contributed by atoms with Gasteiger partial charge in [-0.3, -0.25) is 4.79 Å². The zero-order valence-corrected chi connectivity index (χ0v) is 20.5. The molecule has 2 amide bonds. The van der Waals surface area contributed by atoms with E-state index in [4.69, 9.17) is 18.6 Å². The van der Waals surface area contributed by atoms with Crippen molar-refractivity contribution in [3.05, 3.63) is 35.9 Å². The Labute approximate surface area is 187 Å². The van der Waals surface area contributed by atoms with Gasteiger partial charge in [0.15, 0.2) is 14.4 Å². The third kappa shape index (κ3) is 6.16. The van der Waals surface area contributed by atoms with Crippen molar-refractivity contribution in [2.75, 3.05) is 19.8 Å². The number of carbonyl (C=O) groups excluding carboxylic acids is 2. The largest absolute Gasteiger partial charge is 0.419 e. The summed E-state index contributed by atoms with van der Waals surface area (Å²) in [5.41, 5.74) is 0.859. The standard InChI is InChI=1S/C23H37NO6Si/c1-6-27-17-16-19(28-7-2)29-23(26)24-20(18-14-12-11-13-15-18)21(22(24)25)30-31(8-3,9-4)10-5/h11-15,19-21H,6-10,16-17H2,1-5H3. The Kier molecular flexibility index (Phi) is 10.2. The number of ether oxygens (including phenoxy) is 3. The van der Waals surface area contributed by atoms with E-state index in [9.17, 15) is 9.59 Å². The van der Waals surface area contributed by atoms with Gasteiger partial charge in [0.25, 0.3) is 5.91 Å². The molecule has 3 atom stereocenters. The molecule has 0 radical (unpaired) electrons. The van der Waals surface area contributed by atoms with Crippen LogP contribution >= 0.6 is 0 Å². The highest BCUT2D eigenvalue weighted by molar-refractivity contribution is 6.73. The molecule has 3 unspecified atom stereocenters. The Morgan fingerprint density at radius 2 is 1.68 bits per heavy atom. The van der Waals surface area contributed by atoms with Gasteiger partial charge in [0.1, 0.15) is 6.04 Å². The summed E-state index contributed by atoms with van der Waals surface area (Å²) in [5, 5.41) is 0. The van der Waals surface area contributed by atoms with Gasteiger partial charge >= 0.3 is 6.09 Å². The number of imide groups is 1. The van der Waals surface area contributed by atoms with E-state index >= 15 is 0 Å². The van der Waals surface area contributed by atoms with Crippen LogP contribution in [0.4, 0.5) is 4.79 Å². The molecule has 0 saturated carbocycles. The maximum absolute atomic E-state index is 13.1. The highest BCUT2D eigenvalue weighted by atomic mass is 28.4. The van der Waals surface area contributed by atoms with Crippen LogP contribution in [0.5, 0.6) is 0 Å². The van der Waals surface area contributed by atoms with Crippen LogP contribution in [0, 0.1) is 0 Å². The van der Waals surface area contributed by atoms with Crippen molar-refractivity contribution in [3.8, 4) is 0 Å². The van der Waals surface area contributed by atoms with E-state index in [-0.39, 0.29) is 5.91 Å². The predicted octanol–water partition coefficient (Wildman–Crippen LogP) is 4.89. The number of β-lactam (4-membered cyclic amide) rings is 1. The van der Waals surface area contributed by atoms with E-state index < -0.39 is 32.8 Å². The van der Waals surface area contributed by atoms with Gasteiger partial charge in [-0.1, -0.05) is 51.1 Å². The minimum atomic E-state index is -2.04. The van der Waals surface area contributed by atoms with Crippen molar-refractivity contribution < 1.29 is 28.2 Å². The van der Waals surface area contributed by atoms with Crippen LogP contribution in [0.2, 0.25) is 18.1 Å². The van der Waals surface area contributed by atoms with E-state index in [2.05, 4.69) is 20.8 Å². The minimum absolute atomic E-state index is 0.342. The zero-order chi connectivity index (χ0) is 22.9. The van der Waals surface area contributed by atoms with Crippen molar-refractivity contribution in [2.45, 2.75) is 77.6 Å². The van der Waals surface area contributed by atoms with E-state index in [1.165, 1.54) is 4.90 Å². The highest BCUT2D eigenvalue weighted by Crippen LogP contribution is 2.41. The number of hydrogen-bond acceptors (Lipinski definition) is 6. The number of likely N-dealkylation sites (tertiary alicyclic amines) is 1. The number of amides is 2. The summed E-state index contributed by atoms with van der Waals surface area (Å²) in [5.74, 6) is -0.342. The van der Waals surface area contributed by atoms with Gasteiger partial charge in [0.2, 0.25) is 6.29 Å². The molecule has 0 N–H and O–H groups in total. The van der Waals surface area contributed by atoms with Crippen LogP contribution in [-0.2, 0) is 23.4 Å². The van der Waals surface area contributed by atoms with Gasteiger partial charge in [-0.2, -0.15) is 0 Å². The molecule has 1 aromatic rings. The van der Waals surface area contributed by atoms with Crippen LogP contribution in [0.1, 0.15) is 52.6 Å². The lowest BCUT2D eigenvalue weighted by atomic mass is 9.91. The molecule has 1 fully saturated rings. The molecule has 1 aromatic carbocycles. The highest BCUT2D eigenvalue weighted by Gasteiger charge is 2.55. The third-order valence-electron chi connectivity index (χ3n) is 5.98. The summed E-state index contributed by atoms with van der Waals surface area (Å²) >= 11 is 0. The SMILES string of the molecule is CCOCCC(OCC)OC(=O)N1C(=O)C(O[Si](CC)(CC)CC)C1c1ccccc1.